The smallest absolute Gasteiger partial charge is 0.410 e. The van der Waals surface area contributed by atoms with Crippen LogP contribution in [0.3, 0.4) is 0 Å². The molecule has 2 N–H and O–H groups in total. The third-order valence-corrected chi connectivity index (χ3v) is 9.19. The van der Waals surface area contributed by atoms with Crippen LogP contribution in [0.1, 0.15) is 73.6 Å². The lowest BCUT2D eigenvalue weighted by Crippen LogP contribution is -2.50. The maximum Gasteiger partial charge on any atom is 0.410 e. The van der Waals surface area contributed by atoms with Crippen LogP contribution in [0.5, 0.6) is 0 Å². The van der Waals surface area contributed by atoms with E-state index >= 15 is 0 Å². The number of carbonyl (C=O) groups excluding carboxylic acids is 3. The van der Waals surface area contributed by atoms with Gasteiger partial charge in [0.05, 0.1) is 19.1 Å². The highest BCUT2D eigenvalue weighted by atomic mass is 16.6. The van der Waals surface area contributed by atoms with Gasteiger partial charge in [-0.1, -0.05) is 38.2 Å². The van der Waals surface area contributed by atoms with Crippen LogP contribution in [-0.2, 0) is 19.0 Å². The van der Waals surface area contributed by atoms with Gasteiger partial charge in [-0.3, -0.25) is 4.79 Å². The Balaban J connectivity index is 1.70. The Hall–Kier alpha value is -2.89. The second-order valence-corrected chi connectivity index (χ2v) is 13.5. The van der Waals surface area contributed by atoms with Crippen LogP contribution in [0.4, 0.5) is 9.59 Å². The molecule has 2 fully saturated rings. The molecule has 3 aliphatic heterocycles. The van der Waals surface area contributed by atoms with Gasteiger partial charge in [-0.2, -0.15) is 0 Å². The van der Waals surface area contributed by atoms with Crippen molar-refractivity contribution in [2.45, 2.75) is 110 Å². The summed E-state index contributed by atoms with van der Waals surface area (Å²) in [7, 11) is 2.00. The maximum atomic E-state index is 13.0. The molecular weight excluding hydrogens is 578 g/mol. The number of aliphatic hydroxyl groups excluding tert-OH is 1. The van der Waals surface area contributed by atoms with Crippen LogP contribution in [0.25, 0.3) is 0 Å². The number of nitrogens with zero attached hydrogens (tertiary/aromatic N) is 3. The van der Waals surface area contributed by atoms with Gasteiger partial charge >= 0.3 is 18.2 Å². The molecular formula is C34H55N3O8. The lowest BCUT2D eigenvalue weighted by Gasteiger charge is -2.36. The number of hydrogen-bond donors (Lipinski definition) is 2. The number of likely N-dealkylation sites (N-methyl/N-ethyl adjacent to an activating group) is 1. The van der Waals surface area contributed by atoms with Gasteiger partial charge in [-0.25, -0.2) is 9.59 Å². The van der Waals surface area contributed by atoms with Crippen LogP contribution in [0.15, 0.2) is 36.0 Å². The van der Waals surface area contributed by atoms with E-state index in [0.29, 0.717) is 13.1 Å². The highest BCUT2D eigenvalue weighted by Crippen LogP contribution is 2.28. The number of likely N-dealkylation sites (tertiary alicyclic amines) is 1. The monoisotopic (exact) mass is 633 g/mol. The first kappa shape index (κ1) is 36.6. The summed E-state index contributed by atoms with van der Waals surface area (Å²) in [5.41, 5.74) is -0.694. The lowest BCUT2D eigenvalue weighted by atomic mass is 9.89. The first-order chi connectivity index (χ1) is 21.2. The van der Waals surface area contributed by atoms with Crippen molar-refractivity contribution in [3.8, 4) is 0 Å². The first-order valence-electron chi connectivity index (χ1n) is 16.4. The predicted octanol–water partition coefficient (Wildman–Crippen LogP) is 4.29. The topological polar surface area (TPSA) is 129 Å². The summed E-state index contributed by atoms with van der Waals surface area (Å²) in [4.78, 5) is 44.0. The molecule has 0 saturated carbocycles. The van der Waals surface area contributed by atoms with Crippen molar-refractivity contribution in [3.05, 3.63) is 36.0 Å². The minimum Gasteiger partial charge on any atom is -0.457 e. The summed E-state index contributed by atoms with van der Waals surface area (Å²) in [6.45, 7) is 14.2. The zero-order valence-corrected chi connectivity index (χ0v) is 28.2. The molecule has 0 unspecified atom stereocenters. The second kappa shape index (κ2) is 16.6. The number of hydrogen-bond acceptors (Lipinski definition) is 9. The predicted molar refractivity (Wildman–Crippen MR) is 171 cm³/mol. The molecule has 0 aromatic heterocycles. The summed E-state index contributed by atoms with van der Waals surface area (Å²) in [5.74, 6) is -0.900. The number of carbonyl (C=O) groups is 3. The van der Waals surface area contributed by atoms with Crippen molar-refractivity contribution in [1.82, 2.24) is 14.7 Å². The normalized spacial score (nSPS) is 34.1. The van der Waals surface area contributed by atoms with Gasteiger partial charge in [0.25, 0.3) is 0 Å². The number of cyclic esters (lactones) is 1. The Morgan fingerprint density at radius 3 is 2.38 bits per heavy atom. The minimum atomic E-state index is -1.46. The molecule has 0 aromatic carbocycles. The van der Waals surface area contributed by atoms with Crippen LogP contribution in [-0.4, -0.2) is 119 Å². The maximum absolute atomic E-state index is 13.0. The molecule has 0 bridgehead atoms. The molecule has 0 spiro atoms. The van der Waals surface area contributed by atoms with E-state index in [9.17, 15) is 24.6 Å². The number of aliphatic hydroxyl groups is 2. The van der Waals surface area contributed by atoms with Crippen molar-refractivity contribution in [2.75, 3.05) is 39.8 Å². The van der Waals surface area contributed by atoms with Crippen molar-refractivity contribution < 1.29 is 38.8 Å². The van der Waals surface area contributed by atoms with E-state index in [1.54, 1.807) is 24.0 Å². The molecule has 2 saturated heterocycles. The zero-order valence-electron chi connectivity index (χ0n) is 28.2. The SMILES string of the molecule is C/C(=C\C=C\[C@@H](C)COC(=O)N1[C@@H](C)CC[C@@H]1C)[C@H]1OC(=O)C[C@@H](O)CC[C@](C)(O)[C@H](OC(=O)N2CCN(C)CC2)/C=C/[C@@H]1C. The fourth-order valence-corrected chi connectivity index (χ4v) is 6.00. The van der Waals surface area contributed by atoms with E-state index in [1.807, 2.05) is 64.8 Å². The highest BCUT2D eigenvalue weighted by Gasteiger charge is 2.37. The van der Waals surface area contributed by atoms with Gasteiger partial charge in [0.1, 0.15) is 11.7 Å². The molecule has 11 heteroatoms. The average molecular weight is 634 g/mol. The van der Waals surface area contributed by atoms with Crippen molar-refractivity contribution in [3.63, 3.8) is 0 Å². The number of ether oxygens (including phenoxy) is 3. The first-order valence-corrected chi connectivity index (χ1v) is 16.4. The highest BCUT2D eigenvalue weighted by molar-refractivity contribution is 5.70. The Kier molecular flexibility index (Phi) is 13.5. The van der Waals surface area contributed by atoms with Gasteiger partial charge in [-0.05, 0) is 72.1 Å². The van der Waals surface area contributed by atoms with Crippen molar-refractivity contribution in [2.24, 2.45) is 11.8 Å². The molecule has 3 rings (SSSR count). The molecule has 3 aliphatic rings. The van der Waals surface area contributed by atoms with E-state index in [4.69, 9.17) is 14.2 Å². The van der Waals surface area contributed by atoms with Gasteiger partial charge in [0.2, 0.25) is 0 Å². The lowest BCUT2D eigenvalue weighted by molar-refractivity contribution is -0.151. The molecule has 2 amide bonds. The number of rotatable bonds is 6. The van der Waals surface area contributed by atoms with E-state index in [1.165, 1.54) is 0 Å². The molecule has 0 aromatic rings. The van der Waals surface area contributed by atoms with E-state index in [0.717, 1.165) is 31.5 Å². The number of piperazine rings is 1. The number of allylic oxidation sites excluding steroid dienone is 2. The van der Waals surface area contributed by atoms with Gasteiger partial charge in [0, 0.05) is 50.1 Å². The Morgan fingerprint density at radius 1 is 1.09 bits per heavy atom. The zero-order chi connectivity index (χ0) is 33.3. The molecule has 0 radical (unpaired) electrons. The molecule has 254 valence electrons. The Labute approximate surface area is 268 Å². The van der Waals surface area contributed by atoms with E-state index in [2.05, 4.69) is 4.90 Å². The largest absolute Gasteiger partial charge is 0.457 e. The molecule has 3 heterocycles. The minimum absolute atomic E-state index is 0.0319. The van der Waals surface area contributed by atoms with Crippen molar-refractivity contribution in [1.29, 1.82) is 0 Å². The third kappa shape index (κ3) is 10.9. The quantitative estimate of drug-likeness (QED) is 0.191. The fourth-order valence-electron chi connectivity index (χ4n) is 6.00. The Bertz CT molecular complexity index is 1090. The summed E-state index contributed by atoms with van der Waals surface area (Å²) in [5, 5.41) is 21.9. The molecule has 8 atom stereocenters. The number of esters is 1. The van der Waals surface area contributed by atoms with Gasteiger partial charge in [0.15, 0.2) is 6.10 Å². The second-order valence-electron chi connectivity index (χ2n) is 13.5. The van der Waals surface area contributed by atoms with Gasteiger partial charge in [-0.15, -0.1) is 0 Å². The third-order valence-electron chi connectivity index (χ3n) is 9.19. The summed E-state index contributed by atoms with van der Waals surface area (Å²) < 4.78 is 17.3. The van der Waals surface area contributed by atoms with E-state index < -0.39 is 36.0 Å². The summed E-state index contributed by atoms with van der Waals surface area (Å²) in [6, 6.07) is 0.361. The summed E-state index contributed by atoms with van der Waals surface area (Å²) >= 11 is 0. The molecule has 11 nitrogen and oxygen atoms in total. The van der Waals surface area contributed by atoms with Crippen LogP contribution >= 0.6 is 0 Å². The summed E-state index contributed by atoms with van der Waals surface area (Å²) in [6.07, 6.45) is 7.70. The van der Waals surface area contributed by atoms with Crippen LogP contribution in [0, 0.1) is 11.8 Å². The van der Waals surface area contributed by atoms with Gasteiger partial charge < -0.3 is 39.1 Å². The van der Waals surface area contributed by atoms with Crippen LogP contribution in [0.2, 0.25) is 0 Å². The standard InChI is InChI=1S/C34H55N3O8/c1-23(22-43-33(41)37-26(4)12-13-27(37)5)9-8-10-24(2)31-25(3)11-14-29(44-32(40)36-19-17-35(7)18-20-36)34(6,42)16-15-28(38)21-30(39)45-31/h8-11,14,23,25-29,31,38,42H,12-13,15-22H2,1-7H3/b9-8+,14-11+,24-10+/t23-,25+,26+,27+,28+,29-,31-,34+/m1/s1. The molecule has 45 heavy (non-hydrogen) atoms. The Morgan fingerprint density at radius 2 is 1.73 bits per heavy atom. The number of amides is 2. The van der Waals surface area contributed by atoms with Crippen molar-refractivity contribution >= 4 is 18.2 Å². The van der Waals surface area contributed by atoms with Crippen LogP contribution < -0.4 is 0 Å². The molecule has 0 aliphatic carbocycles. The fraction of sp³-hybridized carbons (Fsp3) is 0.735. The average Bonchev–Trinajstić information content (AvgIpc) is 3.32. The van der Waals surface area contributed by atoms with E-state index in [-0.39, 0.29) is 55.9 Å².